The Bertz CT molecular complexity index is 1300. The first kappa shape index (κ1) is 26.3. The number of aromatic nitrogens is 2. The fraction of sp³-hybridized carbons (Fsp3) is 0.292. The lowest BCUT2D eigenvalue weighted by molar-refractivity contribution is -0.274. The average Bonchev–Trinajstić information content (AvgIpc) is 3.14. The van der Waals surface area contributed by atoms with Crippen LogP contribution in [0.4, 0.5) is 19.0 Å². The van der Waals surface area contributed by atoms with Gasteiger partial charge in [0.1, 0.15) is 18.0 Å². The van der Waals surface area contributed by atoms with Gasteiger partial charge in [0.05, 0.1) is 6.54 Å². The summed E-state index contributed by atoms with van der Waals surface area (Å²) in [6, 6.07) is 11.5. The summed E-state index contributed by atoms with van der Waals surface area (Å²) in [7, 11) is 1.46. The molecule has 0 radical (unpaired) electrons. The number of rotatable bonds is 8. The number of halogens is 4. The van der Waals surface area contributed by atoms with Gasteiger partial charge in [-0.05, 0) is 36.2 Å². The van der Waals surface area contributed by atoms with Gasteiger partial charge in [-0.15, -0.1) is 13.2 Å². The van der Waals surface area contributed by atoms with Crippen molar-refractivity contribution in [2.75, 3.05) is 31.6 Å². The first-order valence-corrected chi connectivity index (χ1v) is 11.5. The standard InChI is InChI=1S/C24H22ClF3N4O5/c1-30-19(34)14-31(10-3-11-33)22(35)20-21(30)29-23(32(20)13-15-6-8-16(25)9-7-15)36-17-4-2-5-18(12-17)37-24(26,27)28/h2,4-9,12,33H,3,10-11,13-14H2,1H3. The summed E-state index contributed by atoms with van der Waals surface area (Å²) in [6.45, 7) is -0.169. The molecule has 37 heavy (non-hydrogen) atoms. The molecule has 0 atom stereocenters. The topological polar surface area (TPSA) is 97.1 Å². The largest absolute Gasteiger partial charge is 0.573 e. The van der Waals surface area contributed by atoms with Crippen molar-refractivity contribution >= 4 is 29.2 Å². The summed E-state index contributed by atoms with van der Waals surface area (Å²) in [5.41, 5.74) is 0.774. The monoisotopic (exact) mass is 538 g/mol. The highest BCUT2D eigenvalue weighted by atomic mass is 35.5. The van der Waals surface area contributed by atoms with Crippen LogP contribution in [-0.2, 0) is 11.3 Å². The maximum atomic E-state index is 13.6. The number of likely N-dealkylation sites (N-methyl/N-ethyl adjacent to an activating group) is 1. The molecule has 9 nitrogen and oxygen atoms in total. The molecule has 2 amide bonds. The van der Waals surface area contributed by atoms with E-state index in [1.807, 2.05) is 0 Å². The van der Waals surface area contributed by atoms with Crippen molar-refractivity contribution in [2.45, 2.75) is 19.3 Å². The first-order chi connectivity index (χ1) is 17.6. The predicted octanol–water partition coefficient (Wildman–Crippen LogP) is 4.08. The third kappa shape index (κ3) is 6.15. The summed E-state index contributed by atoms with van der Waals surface area (Å²) in [5, 5.41) is 9.74. The molecule has 0 bridgehead atoms. The molecule has 196 valence electrons. The van der Waals surface area contributed by atoms with Crippen LogP contribution in [0, 0.1) is 0 Å². The van der Waals surface area contributed by atoms with Gasteiger partial charge in [-0.3, -0.25) is 19.1 Å². The minimum Gasteiger partial charge on any atom is -0.425 e. The fourth-order valence-corrected chi connectivity index (χ4v) is 3.88. The predicted molar refractivity (Wildman–Crippen MR) is 127 cm³/mol. The molecule has 0 aliphatic carbocycles. The quantitative estimate of drug-likeness (QED) is 0.464. The summed E-state index contributed by atoms with van der Waals surface area (Å²) in [4.78, 5) is 33.3. The number of amides is 2. The lowest BCUT2D eigenvalue weighted by Gasteiger charge is -2.20. The van der Waals surface area contributed by atoms with Crippen LogP contribution < -0.4 is 14.4 Å². The van der Waals surface area contributed by atoms with Crippen LogP contribution in [0.1, 0.15) is 22.5 Å². The summed E-state index contributed by atoms with van der Waals surface area (Å²) in [5.74, 6) is -1.41. The maximum absolute atomic E-state index is 13.6. The number of benzene rings is 2. The zero-order chi connectivity index (χ0) is 26.7. The molecule has 1 aliphatic heterocycles. The number of ether oxygens (including phenoxy) is 2. The fourth-order valence-electron chi connectivity index (χ4n) is 3.75. The van der Waals surface area contributed by atoms with E-state index >= 15 is 0 Å². The van der Waals surface area contributed by atoms with Crippen molar-refractivity contribution in [3.63, 3.8) is 0 Å². The molecule has 0 unspecified atom stereocenters. The van der Waals surface area contributed by atoms with Gasteiger partial charge in [0.25, 0.3) is 5.91 Å². The lowest BCUT2D eigenvalue weighted by Crippen LogP contribution is -2.39. The second kappa shape index (κ2) is 10.7. The number of fused-ring (bicyclic) bond motifs is 1. The molecule has 0 saturated carbocycles. The van der Waals surface area contributed by atoms with E-state index in [4.69, 9.17) is 16.3 Å². The van der Waals surface area contributed by atoms with Crippen molar-refractivity contribution in [2.24, 2.45) is 0 Å². The number of anilines is 1. The van der Waals surface area contributed by atoms with Gasteiger partial charge in [-0.2, -0.15) is 4.98 Å². The van der Waals surface area contributed by atoms with Gasteiger partial charge in [0.2, 0.25) is 5.91 Å². The smallest absolute Gasteiger partial charge is 0.425 e. The Balaban J connectivity index is 1.79. The van der Waals surface area contributed by atoms with Crippen molar-refractivity contribution in [3.05, 3.63) is 64.8 Å². The minimum absolute atomic E-state index is 0.0298. The number of carbonyl (C=O) groups excluding carboxylic acids is 2. The van der Waals surface area contributed by atoms with Gasteiger partial charge >= 0.3 is 12.4 Å². The van der Waals surface area contributed by atoms with Crippen LogP contribution in [0.15, 0.2) is 48.5 Å². The van der Waals surface area contributed by atoms with Crippen molar-refractivity contribution in [1.82, 2.24) is 14.5 Å². The van der Waals surface area contributed by atoms with Crippen molar-refractivity contribution in [1.29, 1.82) is 0 Å². The SMILES string of the molecule is CN1C(=O)CN(CCCO)C(=O)c2c1nc(Oc1cccc(OC(F)(F)F)c1)n2Cc1ccc(Cl)cc1. The van der Waals surface area contributed by atoms with Crippen molar-refractivity contribution in [3.8, 4) is 17.5 Å². The Morgan fingerprint density at radius 1 is 1.11 bits per heavy atom. The zero-order valence-corrected chi connectivity index (χ0v) is 20.3. The highest BCUT2D eigenvalue weighted by Gasteiger charge is 2.36. The molecule has 3 aromatic rings. The molecule has 2 aromatic carbocycles. The summed E-state index contributed by atoms with van der Waals surface area (Å²) < 4.78 is 49.3. The molecule has 1 aromatic heterocycles. The second-order valence-electron chi connectivity index (χ2n) is 8.16. The van der Waals surface area contributed by atoms with E-state index in [2.05, 4.69) is 9.72 Å². The lowest BCUT2D eigenvalue weighted by atomic mass is 10.2. The van der Waals surface area contributed by atoms with E-state index in [0.717, 1.165) is 17.7 Å². The van der Waals surface area contributed by atoms with Gasteiger partial charge in [0, 0.05) is 31.3 Å². The van der Waals surface area contributed by atoms with E-state index in [0.29, 0.717) is 5.02 Å². The molecule has 0 spiro atoms. The van der Waals surface area contributed by atoms with Crippen LogP contribution >= 0.6 is 11.6 Å². The van der Waals surface area contributed by atoms with E-state index in [-0.39, 0.29) is 55.9 Å². The molecule has 1 N–H and O–H groups in total. The molecular formula is C24H22ClF3N4O5. The average molecular weight is 539 g/mol. The number of hydrogen-bond acceptors (Lipinski definition) is 6. The molecule has 4 rings (SSSR count). The minimum atomic E-state index is -4.89. The molecular weight excluding hydrogens is 517 g/mol. The maximum Gasteiger partial charge on any atom is 0.573 e. The highest BCUT2D eigenvalue weighted by Crippen LogP contribution is 2.34. The third-order valence-electron chi connectivity index (χ3n) is 5.51. The van der Waals surface area contributed by atoms with Gasteiger partial charge < -0.3 is 19.5 Å². The van der Waals surface area contributed by atoms with Crippen LogP contribution in [0.3, 0.4) is 0 Å². The normalized spacial score (nSPS) is 14.0. The number of imidazole rings is 1. The molecule has 13 heteroatoms. The van der Waals surface area contributed by atoms with Gasteiger partial charge in [-0.1, -0.05) is 29.8 Å². The van der Waals surface area contributed by atoms with E-state index in [1.165, 1.54) is 33.5 Å². The van der Waals surface area contributed by atoms with Gasteiger partial charge in [0.15, 0.2) is 11.5 Å². The summed E-state index contributed by atoms with van der Waals surface area (Å²) >= 11 is 5.99. The highest BCUT2D eigenvalue weighted by molar-refractivity contribution is 6.30. The molecule has 0 fully saturated rings. The number of aliphatic hydroxyl groups excluding tert-OH is 1. The van der Waals surface area contributed by atoms with Crippen LogP contribution in [-0.4, -0.2) is 64.5 Å². The van der Waals surface area contributed by atoms with Crippen LogP contribution in [0.2, 0.25) is 5.02 Å². The number of aliphatic hydroxyl groups is 1. The molecule has 1 aliphatic rings. The van der Waals surface area contributed by atoms with Crippen molar-refractivity contribution < 1.29 is 37.3 Å². The number of nitrogens with zero attached hydrogens (tertiary/aromatic N) is 4. The van der Waals surface area contributed by atoms with E-state index in [9.17, 15) is 27.9 Å². The molecule has 2 heterocycles. The number of carbonyl (C=O) groups is 2. The Labute approximate surface area is 214 Å². The number of hydrogen-bond donors (Lipinski definition) is 1. The first-order valence-electron chi connectivity index (χ1n) is 11.1. The summed E-state index contributed by atoms with van der Waals surface area (Å²) in [6.07, 6.45) is -4.63. The zero-order valence-electron chi connectivity index (χ0n) is 19.5. The van der Waals surface area contributed by atoms with E-state index < -0.39 is 23.9 Å². The van der Waals surface area contributed by atoms with Gasteiger partial charge in [-0.25, -0.2) is 0 Å². The second-order valence-corrected chi connectivity index (χ2v) is 8.60. The van der Waals surface area contributed by atoms with Crippen LogP contribution in [0.5, 0.6) is 17.5 Å². The third-order valence-corrected chi connectivity index (χ3v) is 5.76. The Morgan fingerprint density at radius 3 is 2.49 bits per heavy atom. The number of alkyl halides is 3. The van der Waals surface area contributed by atoms with Crippen LogP contribution in [0.25, 0.3) is 0 Å². The molecule has 0 saturated heterocycles. The van der Waals surface area contributed by atoms with E-state index in [1.54, 1.807) is 24.3 Å². The Hall–Kier alpha value is -3.77. The Morgan fingerprint density at radius 2 is 1.81 bits per heavy atom. The Kier molecular flexibility index (Phi) is 7.60.